The molecule has 1 aromatic carbocycles. The fraction of sp³-hybridized carbons (Fsp3) is 0.720. The number of carbonyl (C=O) groups is 1. The van der Waals surface area contributed by atoms with E-state index in [1.807, 2.05) is 12.1 Å². The van der Waals surface area contributed by atoms with E-state index in [-0.39, 0.29) is 23.0 Å². The molecule has 0 spiro atoms. The Morgan fingerprint density at radius 1 is 1.03 bits per heavy atom. The average molecular weight is 435 g/mol. The van der Waals surface area contributed by atoms with Gasteiger partial charge in [-0.1, -0.05) is 19.4 Å². The maximum absolute atomic E-state index is 13.4. The summed E-state index contributed by atoms with van der Waals surface area (Å²) in [6.45, 7) is 11.9. The van der Waals surface area contributed by atoms with Gasteiger partial charge in [-0.05, 0) is 65.0 Å². The summed E-state index contributed by atoms with van der Waals surface area (Å²) in [6.07, 6.45) is 5.07. The molecule has 1 aliphatic heterocycles. The minimum atomic E-state index is 0.00370. The number of benzene rings is 1. The molecule has 1 N–H and O–H groups in total. The highest BCUT2D eigenvalue weighted by molar-refractivity contribution is 5.77. The quantitative estimate of drug-likeness (QED) is 0.584. The van der Waals surface area contributed by atoms with Crippen molar-refractivity contribution in [2.45, 2.75) is 90.3 Å². The number of nitrogens with zero attached hydrogens (tertiary/aromatic N) is 1. The summed E-state index contributed by atoms with van der Waals surface area (Å²) < 4.78 is 16.5. The van der Waals surface area contributed by atoms with Crippen LogP contribution in [0.3, 0.4) is 0 Å². The van der Waals surface area contributed by atoms with E-state index in [1.54, 1.807) is 21.3 Å². The van der Waals surface area contributed by atoms with Crippen LogP contribution in [-0.2, 0) is 11.2 Å². The van der Waals surface area contributed by atoms with E-state index < -0.39 is 0 Å². The second-order valence-corrected chi connectivity index (χ2v) is 9.89. The summed E-state index contributed by atoms with van der Waals surface area (Å²) >= 11 is 0. The first-order valence-electron chi connectivity index (χ1n) is 11.4. The molecule has 6 heteroatoms. The van der Waals surface area contributed by atoms with Crippen LogP contribution in [-0.4, -0.2) is 55.8 Å². The summed E-state index contributed by atoms with van der Waals surface area (Å²) in [5.74, 6) is 2.04. The second kappa shape index (κ2) is 10.6. The zero-order valence-corrected chi connectivity index (χ0v) is 20.8. The Morgan fingerprint density at radius 3 is 2.16 bits per heavy atom. The van der Waals surface area contributed by atoms with E-state index in [0.717, 1.165) is 37.8 Å². The molecule has 31 heavy (non-hydrogen) atoms. The van der Waals surface area contributed by atoms with Gasteiger partial charge < -0.3 is 24.4 Å². The lowest BCUT2D eigenvalue weighted by atomic mass is 9.79. The average Bonchev–Trinajstić information content (AvgIpc) is 2.69. The number of ether oxygens (including phenoxy) is 3. The van der Waals surface area contributed by atoms with Gasteiger partial charge in [-0.2, -0.15) is 0 Å². The molecule has 1 aliphatic rings. The number of methoxy groups -OCH3 is 3. The molecular weight excluding hydrogens is 392 g/mol. The van der Waals surface area contributed by atoms with Crippen LogP contribution >= 0.6 is 0 Å². The number of carbonyl (C=O) groups excluding carboxylic acids is 1. The topological polar surface area (TPSA) is 60.0 Å². The first kappa shape index (κ1) is 25.3. The van der Waals surface area contributed by atoms with Crippen LogP contribution in [0.1, 0.15) is 72.3 Å². The standard InChI is InChI=1S/C25H42N2O4/c1-9-10-15-27(19-16-24(2,3)26-25(4,5)17-19)21(28)14-12-18-11-13-20(29-6)23(31-8)22(18)30-7/h11,13,19,26H,9-10,12,14-17H2,1-8H3. The maximum Gasteiger partial charge on any atom is 0.223 e. The van der Waals surface area contributed by atoms with Crippen molar-refractivity contribution < 1.29 is 19.0 Å². The monoisotopic (exact) mass is 434 g/mol. The van der Waals surface area contributed by atoms with Crippen molar-refractivity contribution in [2.75, 3.05) is 27.9 Å². The fourth-order valence-electron chi connectivity index (χ4n) is 5.07. The third-order valence-electron chi connectivity index (χ3n) is 6.08. The molecular formula is C25H42N2O4. The van der Waals surface area contributed by atoms with Crippen molar-refractivity contribution in [1.29, 1.82) is 0 Å². The molecule has 2 rings (SSSR count). The third-order valence-corrected chi connectivity index (χ3v) is 6.08. The Morgan fingerprint density at radius 2 is 1.65 bits per heavy atom. The fourth-order valence-corrected chi connectivity index (χ4v) is 5.07. The van der Waals surface area contributed by atoms with Crippen LogP contribution in [0.4, 0.5) is 0 Å². The van der Waals surface area contributed by atoms with Crippen molar-refractivity contribution >= 4 is 5.91 Å². The van der Waals surface area contributed by atoms with Crippen molar-refractivity contribution in [3.63, 3.8) is 0 Å². The highest BCUT2D eigenvalue weighted by atomic mass is 16.5. The predicted molar refractivity (Wildman–Crippen MR) is 125 cm³/mol. The predicted octanol–water partition coefficient (Wildman–Crippen LogP) is 4.58. The van der Waals surface area contributed by atoms with E-state index >= 15 is 0 Å². The van der Waals surface area contributed by atoms with Crippen LogP contribution in [0.5, 0.6) is 17.2 Å². The molecule has 0 unspecified atom stereocenters. The summed E-state index contributed by atoms with van der Waals surface area (Å²) in [4.78, 5) is 15.6. The van der Waals surface area contributed by atoms with E-state index in [4.69, 9.17) is 14.2 Å². The van der Waals surface area contributed by atoms with Crippen molar-refractivity contribution in [3.05, 3.63) is 17.7 Å². The molecule has 0 atom stereocenters. The van der Waals surface area contributed by atoms with Gasteiger partial charge >= 0.3 is 0 Å². The molecule has 1 aromatic rings. The first-order chi connectivity index (χ1) is 14.6. The largest absolute Gasteiger partial charge is 0.493 e. The van der Waals surface area contributed by atoms with Crippen LogP contribution in [0.15, 0.2) is 12.1 Å². The Kier molecular flexibility index (Phi) is 8.64. The van der Waals surface area contributed by atoms with Crippen molar-refractivity contribution in [3.8, 4) is 17.2 Å². The molecule has 1 fully saturated rings. The molecule has 1 amide bonds. The van der Waals surface area contributed by atoms with E-state index in [9.17, 15) is 4.79 Å². The number of unbranched alkanes of at least 4 members (excludes halogenated alkanes) is 1. The lowest BCUT2D eigenvalue weighted by Gasteiger charge is -2.49. The Labute approximate surface area is 188 Å². The minimum absolute atomic E-state index is 0.00370. The van der Waals surface area contributed by atoms with E-state index in [0.29, 0.717) is 30.1 Å². The highest BCUT2D eigenvalue weighted by Gasteiger charge is 2.40. The number of hydrogen-bond donors (Lipinski definition) is 1. The SMILES string of the molecule is CCCCN(C(=O)CCc1ccc(OC)c(OC)c1OC)C1CC(C)(C)NC(C)(C)C1. The van der Waals surface area contributed by atoms with Gasteiger partial charge in [0.2, 0.25) is 11.7 Å². The number of piperidine rings is 1. The summed E-state index contributed by atoms with van der Waals surface area (Å²) in [6, 6.07) is 4.08. The molecule has 176 valence electrons. The number of amides is 1. The number of nitrogens with one attached hydrogen (secondary N) is 1. The highest BCUT2D eigenvalue weighted by Crippen LogP contribution is 2.40. The molecule has 0 radical (unpaired) electrons. The Bertz CT molecular complexity index is 729. The number of rotatable bonds is 10. The molecule has 0 saturated carbocycles. The molecule has 0 aliphatic carbocycles. The van der Waals surface area contributed by atoms with Gasteiger partial charge in [0, 0.05) is 30.1 Å². The number of hydrogen-bond acceptors (Lipinski definition) is 5. The Hall–Kier alpha value is -1.95. The molecule has 0 aromatic heterocycles. The third kappa shape index (κ3) is 6.52. The van der Waals surface area contributed by atoms with Gasteiger partial charge in [0.25, 0.3) is 0 Å². The molecule has 1 heterocycles. The minimum Gasteiger partial charge on any atom is -0.493 e. The van der Waals surface area contributed by atoms with Gasteiger partial charge in [0.05, 0.1) is 21.3 Å². The van der Waals surface area contributed by atoms with Crippen LogP contribution < -0.4 is 19.5 Å². The summed E-state index contributed by atoms with van der Waals surface area (Å²) in [5, 5.41) is 3.73. The van der Waals surface area contributed by atoms with Gasteiger partial charge in [-0.25, -0.2) is 0 Å². The van der Waals surface area contributed by atoms with Gasteiger partial charge in [-0.15, -0.1) is 0 Å². The van der Waals surface area contributed by atoms with Crippen LogP contribution in [0.25, 0.3) is 0 Å². The normalized spacial score (nSPS) is 17.8. The maximum atomic E-state index is 13.4. The zero-order valence-electron chi connectivity index (χ0n) is 20.8. The van der Waals surface area contributed by atoms with Gasteiger partial charge in [-0.3, -0.25) is 4.79 Å². The van der Waals surface area contributed by atoms with Gasteiger partial charge in [0.15, 0.2) is 11.5 Å². The molecule has 6 nitrogen and oxygen atoms in total. The lowest BCUT2D eigenvalue weighted by molar-refractivity contribution is -0.135. The second-order valence-electron chi connectivity index (χ2n) is 9.89. The van der Waals surface area contributed by atoms with Crippen molar-refractivity contribution in [1.82, 2.24) is 10.2 Å². The summed E-state index contributed by atoms with van der Waals surface area (Å²) in [7, 11) is 4.83. The van der Waals surface area contributed by atoms with Gasteiger partial charge in [0.1, 0.15) is 0 Å². The van der Waals surface area contributed by atoms with E-state index in [2.05, 4.69) is 44.8 Å². The zero-order chi connectivity index (χ0) is 23.2. The molecule has 0 bridgehead atoms. The van der Waals surface area contributed by atoms with Crippen LogP contribution in [0, 0.1) is 0 Å². The van der Waals surface area contributed by atoms with Crippen LogP contribution in [0.2, 0.25) is 0 Å². The van der Waals surface area contributed by atoms with Crippen molar-refractivity contribution in [2.24, 2.45) is 0 Å². The molecule has 1 saturated heterocycles. The lowest BCUT2D eigenvalue weighted by Crippen LogP contribution is -2.62. The smallest absolute Gasteiger partial charge is 0.223 e. The Balaban J connectivity index is 2.20. The van der Waals surface area contributed by atoms with E-state index in [1.165, 1.54) is 0 Å². The summed E-state index contributed by atoms with van der Waals surface area (Å²) in [5.41, 5.74) is 0.961. The first-order valence-corrected chi connectivity index (χ1v) is 11.4. The number of aryl methyl sites for hydroxylation is 1.